The van der Waals surface area contributed by atoms with Gasteiger partial charge in [-0.15, -0.1) is 0 Å². The highest BCUT2D eigenvalue weighted by Crippen LogP contribution is 1.99. The van der Waals surface area contributed by atoms with E-state index in [9.17, 15) is 0 Å². The monoisotopic (exact) mass is 162 g/mol. The fourth-order valence-corrected chi connectivity index (χ4v) is 1.24. The van der Waals surface area contributed by atoms with Crippen LogP contribution in [0.1, 0.15) is 16.2 Å². The van der Waals surface area contributed by atoms with Gasteiger partial charge in [0.2, 0.25) is 0 Å². The average Bonchev–Trinajstić information content (AvgIpc) is 2.07. The average molecular weight is 162 g/mol. The molecular formula is C8H22N2O. The van der Waals surface area contributed by atoms with Crippen LogP contribution in [0.4, 0.5) is 0 Å². The summed E-state index contributed by atoms with van der Waals surface area (Å²) in [5, 5.41) is 6.60. The van der Waals surface area contributed by atoms with Gasteiger partial charge in [-0.2, -0.15) is 0 Å². The highest BCUT2D eigenvalue weighted by atomic mass is 16.5. The van der Waals surface area contributed by atoms with Gasteiger partial charge in [0.1, 0.15) is 0 Å². The molecule has 0 bridgehead atoms. The van der Waals surface area contributed by atoms with Crippen molar-refractivity contribution >= 4 is 0 Å². The van der Waals surface area contributed by atoms with Crippen molar-refractivity contribution in [2.24, 2.45) is 0 Å². The Bertz CT molecular complexity index is 100. The Balaban J connectivity index is 0. The summed E-state index contributed by atoms with van der Waals surface area (Å²) in [4.78, 5) is 0. The van der Waals surface area contributed by atoms with Gasteiger partial charge in [-0.05, 0) is 19.5 Å². The van der Waals surface area contributed by atoms with E-state index in [1.54, 1.807) is 0 Å². The summed E-state index contributed by atoms with van der Waals surface area (Å²) in [5.41, 5.74) is 0. The second kappa shape index (κ2) is 5.52. The molecule has 3 nitrogen and oxygen atoms in total. The molecule has 1 fully saturated rings. The molecule has 3 heteroatoms. The SMILES string of the molecule is CCNCCC1CNCCO1.[HH].[HH]. The maximum absolute atomic E-state index is 5.52. The molecule has 0 spiro atoms. The molecule has 0 aromatic heterocycles. The third-order valence-corrected chi connectivity index (χ3v) is 1.90. The molecule has 70 valence electrons. The van der Waals surface area contributed by atoms with E-state index in [4.69, 9.17) is 4.74 Å². The van der Waals surface area contributed by atoms with Crippen LogP contribution in [0.3, 0.4) is 0 Å². The van der Waals surface area contributed by atoms with Gasteiger partial charge in [0, 0.05) is 15.9 Å². The van der Waals surface area contributed by atoms with Crippen molar-refractivity contribution in [1.29, 1.82) is 0 Å². The quantitative estimate of drug-likeness (QED) is 0.589. The number of hydrogen-bond donors (Lipinski definition) is 2. The van der Waals surface area contributed by atoms with E-state index in [0.29, 0.717) is 6.10 Å². The molecule has 0 amide bonds. The molecule has 1 aliphatic heterocycles. The van der Waals surface area contributed by atoms with E-state index in [1.807, 2.05) is 0 Å². The van der Waals surface area contributed by atoms with E-state index < -0.39 is 0 Å². The molecule has 2 N–H and O–H groups in total. The van der Waals surface area contributed by atoms with Crippen LogP contribution in [0.2, 0.25) is 0 Å². The molecule has 1 saturated heterocycles. The molecule has 1 heterocycles. The number of hydrogen-bond acceptors (Lipinski definition) is 3. The maximum Gasteiger partial charge on any atom is 0.0712 e. The Morgan fingerprint density at radius 1 is 1.73 bits per heavy atom. The Hall–Kier alpha value is -0.120. The van der Waals surface area contributed by atoms with Gasteiger partial charge in [-0.1, -0.05) is 6.92 Å². The van der Waals surface area contributed by atoms with Crippen molar-refractivity contribution in [3.63, 3.8) is 0 Å². The van der Waals surface area contributed by atoms with Gasteiger partial charge < -0.3 is 15.4 Å². The summed E-state index contributed by atoms with van der Waals surface area (Å²) >= 11 is 0. The normalized spacial score (nSPS) is 25.4. The van der Waals surface area contributed by atoms with Gasteiger partial charge in [-0.25, -0.2) is 0 Å². The minimum atomic E-state index is 0. The lowest BCUT2D eigenvalue weighted by molar-refractivity contribution is 0.0240. The molecule has 11 heavy (non-hydrogen) atoms. The molecule has 0 radical (unpaired) electrons. The predicted octanol–water partition coefficient (Wildman–Crippen LogP) is 0.466. The van der Waals surface area contributed by atoms with Crippen LogP contribution in [-0.4, -0.2) is 38.9 Å². The predicted molar refractivity (Wildman–Crippen MR) is 50.0 cm³/mol. The molecule has 1 rings (SSSR count). The van der Waals surface area contributed by atoms with Crippen molar-refractivity contribution in [3.05, 3.63) is 0 Å². The third-order valence-electron chi connectivity index (χ3n) is 1.90. The summed E-state index contributed by atoms with van der Waals surface area (Å²) in [7, 11) is 0. The van der Waals surface area contributed by atoms with Crippen molar-refractivity contribution in [2.45, 2.75) is 19.4 Å². The summed E-state index contributed by atoms with van der Waals surface area (Å²) in [6.45, 7) is 7.16. The minimum Gasteiger partial charge on any atom is -0.376 e. The Labute approximate surface area is 71.5 Å². The number of ether oxygens (including phenoxy) is 1. The van der Waals surface area contributed by atoms with E-state index in [-0.39, 0.29) is 2.85 Å². The standard InChI is InChI=1S/C8H18N2O.2H2/c1-2-9-4-3-8-7-10-5-6-11-8;;/h8-10H,2-7H2,1H3;2*1H. The van der Waals surface area contributed by atoms with Crippen LogP contribution >= 0.6 is 0 Å². The number of morpholine rings is 1. The maximum atomic E-state index is 5.52. The van der Waals surface area contributed by atoms with Crippen LogP contribution in [0.5, 0.6) is 0 Å². The topological polar surface area (TPSA) is 33.3 Å². The van der Waals surface area contributed by atoms with Crippen LogP contribution < -0.4 is 10.6 Å². The second-order valence-corrected chi connectivity index (χ2v) is 2.84. The molecule has 1 unspecified atom stereocenters. The molecule has 0 aliphatic carbocycles. The molecule has 0 saturated carbocycles. The van der Waals surface area contributed by atoms with E-state index in [0.717, 1.165) is 39.2 Å². The lowest BCUT2D eigenvalue weighted by Gasteiger charge is -2.23. The van der Waals surface area contributed by atoms with Gasteiger partial charge >= 0.3 is 0 Å². The Morgan fingerprint density at radius 2 is 2.64 bits per heavy atom. The van der Waals surface area contributed by atoms with Crippen LogP contribution in [0, 0.1) is 0 Å². The first-order chi connectivity index (χ1) is 5.43. The van der Waals surface area contributed by atoms with Gasteiger partial charge in [-0.3, -0.25) is 0 Å². The van der Waals surface area contributed by atoms with Crippen molar-refractivity contribution in [2.75, 3.05) is 32.8 Å². The lowest BCUT2D eigenvalue weighted by atomic mass is 10.2. The summed E-state index contributed by atoms with van der Waals surface area (Å²) < 4.78 is 5.52. The van der Waals surface area contributed by atoms with Crippen molar-refractivity contribution in [3.8, 4) is 0 Å². The minimum absolute atomic E-state index is 0. The first-order valence-corrected chi connectivity index (χ1v) is 4.46. The summed E-state index contributed by atoms with van der Waals surface area (Å²) in [6.07, 6.45) is 1.56. The zero-order valence-electron chi connectivity index (χ0n) is 7.23. The smallest absolute Gasteiger partial charge is 0.0712 e. The first kappa shape index (κ1) is 8.97. The van der Waals surface area contributed by atoms with E-state index in [1.165, 1.54) is 0 Å². The van der Waals surface area contributed by atoms with Crippen LogP contribution in [0.25, 0.3) is 0 Å². The fraction of sp³-hybridized carbons (Fsp3) is 1.00. The molecule has 1 atom stereocenters. The highest BCUT2D eigenvalue weighted by molar-refractivity contribution is 4.67. The fourth-order valence-electron chi connectivity index (χ4n) is 1.24. The van der Waals surface area contributed by atoms with Crippen molar-refractivity contribution in [1.82, 2.24) is 10.6 Å². The first-order valence-electron chi connectivity index (χ1n) is 4.46. The van der Waals surface area contributed by atoms with Crippen LogP contribution in [-0.2, 0) is 4.74 Å². The second-order valence-electron chi connectivity index (χ2n) is 2.84. The van der Waals surface area contributed by atoms with Crippen LogP contribution in [0.15, 0.2) is 0 Å². The Kier molecular flexibility index (Phi) is 4.50. The molecule has 1 aliphatic rings. The van der Waals surface area contributed by atoms with Crippen molar-refractivity contribution < 1.29 is 7.59 Å². The number of rotatable bonds is 4. The summed E-state index contributed by atoms with van der Waals surface area (Å²) in [6, 6.07) is 0. The highest BCUT2D eigenvalue weighted by Gasteiger charge is 2.11. The van der Waals surface area contributed by atoms with Gasteiger partial charge in [0.15, 0.2) is 0 Å². The lowest BCUT2D eigenvalue weighted by Crippen LogP contribution is -2.39. The zero-order chi connectivity index (χ0) is 7.94. The largest absolute Gasteiger partial charge is 0.376 e. The van der Waals surface area contributed by atoms with Gasteiger partial charge in [0.05, 0.1) is 12.7 Å². The van der Waals surface area contributed by atoms with Gasteiger partial charge in [0.25, 0.3) is 0 Å². The van der Waals surface area contributed by atoms with E-state index >= 15 is 0 Å². The molecule has 0 aromatic carbocycles. The third kappa shape index (κ3) is 3.70. The summed E-state index contributed by atoms with van der Waals surface area (Å²) in [5.74, 6) is 0. The zero-order valence-corrected chi connectivity index (χ0v) is 7.23. The van der Waals surface area contributed by atoms with E-state index in [2.05, 4.69) is 17.6 Å². The molecular weight excluding hydrogens is 140 g/mol. The Morgan fingerprint density at radius 3 is 3.27 bits per heavy atom. The number of nitrogens with one attached hydrogen (secondary N) is 2. The molecule has 0 aromatic rings.